The van der Waals surface area contributed by atoms with Crippen molar-refractivity contribution in [1.29, 1.82) is 0 Å². The van der Waals surface area contributed by atoms with E-state index in [0.717, 1.165) is 0 Å². The van der Waals surface area contributed by atoms with E-state index in [2.05, 4.69) is 0 Å². The van der Waals surface area contributed by atoms with Crippen molar-refractivity contribution >= 4 is 5.97 Å². The minimum Gasteiger partial charge on any atom is -0.508 e. The highest BCUT2D eigenvalue weighted by Gasteiger charge is 2.20. The van der Waals surface area contributed by atoms with Gasteiger partial charge in [-0.1, -0.05) is 12.1 Å². The lowest BCUT2D eigenvalue weighted by Gasteiger charge is -2.13. The summed E-state index contributed by atoms with van der Waals surface area (Å²) in [5.74, 6) is -1.18. The molecule has 0 aliphatic rings. The van der Waals surface area contributed by atoms with Crippen molar-refractivity contribution in [1.82, 2.24) is 0 Å². The van der Waals surface area contributed by atoms with Crippen LogP contribution in [0.2, 0.25) is 0 Å². The highest BCUT2D eigenvalue weighted by molar-refractivity contribution is 5.74. The Hall–Kier alpha value is -1.59. The van der Waals surface area contributed by atoms with Crippen molar-refractivity contribution in [3.05, 3.63) is 29.8 Å². The van der Waals surface area contributed by atoms with Crippen LogP contribution in [0.1, 0.15) is 11.7 Å². The molecule has 5 heteroatoms. The fourth-order valence-electron chi connectivity index (χ4n) is 1.17. The third-order valence-electron chi connectivity index (χ3n) is 1.77. The first-order chi connectivity index (χ1) is 7.15. The Morgan fingerprint density at radius 3 is 2.73 bits per heavy atom. The van der Waals surface area contributed by atoms with Gasteiger partial charge in [0.05, 0.1) is 13.2 Å². The Kier molecular flexibility index (Phi) is 4.08. The quantitative estimate of drug-likeness (QED) is 0.662. The van der Waals surface area contributed by atoms with E-state index in [1.807, 2.05) is 0 Å². The van der Waals surface area contributed by atoms with Crippen LogP contribution in [0, 0.1) is 0 Å². The molecule has 0 bridgehead atoms. The molecule has 1 rings (SSSR count). The number of carboxylic acids is 1. The third kappa shape index (κ3) is 3.23. The van der Waals surface area contributed by atoms with Crippen LogP contribution in [0.25, 0.3) is 0 Å². The summed E-state index contributed by atoms with van der Waals surface area (Å²) >= 11 is 0. The molecule has 0 spiro atoms. The fourth-order valence-corrected chi connectivity index (χ4v) is 1.17. The molecule has 0 aliphatic carbocycles. The first-order valence-corrected chi connectivity index (χ1v) is 4.39. The van der Waals surface area contributed by atoms with E-state index in [9.17, 15) is 9.90 Å². The molecule has 0 radical (unpaired) electrons. The first kappa shape index (κ1) is 11.5. The van der Waals surface area contributed by atoms with Gasteiger partial charge in [-0.2, -0.15) is 0 Å². The molecule has 1 unspecified atom stereocenters. The molecule has 0 amide bonds. The molecule has 0 heterocycles. The zero-order valence-corrected chi connectivity index (χ0v) is 7.96. The summed E-state index contributed by atoms with van der Waals surface area (Å²) in [6.45, 7) is -0.310. The fraction of sp³-hybridized carbons (Fsp3) is 0.300. The van der Waals surface area contributed by atoms with Gasteiger partial charge in [0.15, 0.2) is 6.10 Å². The SMILES string of the molecule is O=C(O)C(OCCO)c1cccc(O)c1. The lowest BCUT2D eigenvalue weighted by molar-refractivity contribution is -0.151. The Morgan fingerprint density at radius 1 is 1.47 bits per heavy atom. The highest BCUT2D eigenvalue weighted by Crippen LogP contribution is 2.21. The lowest BCUT2D eigenvalue weighted by atomic mass is 10.1. The second-order valence-corrected chi connectivity index (χ2v) is 2.91. The zero-order chi connectivity index (χ0) is 11.3. The summed E-state index contributed by atoms with van der Waals surface area (Å²) in [7, 11) is 0. The van der Waals surface area contributed by atoms with E-state index in [4.69, 9.17) is 14.9 Å². The van der Waals surface area contributed by atoms with Crippen molar-refractivity contribution in [2.45, 2.75) is 6.10 Å². The van der Waals surface area contributed by atoms with Crippen LogP contribution in [0.3, 0.4) is 0 Å². The number of hydrogen-bond donors (Lipinski definition) is 3. The van der Waals surface area contributed by atoms with Crippen LogP contribution in [-0.2, 0) is 9.53 Å². The number of carboxylic acid groups (broad SMARTS) is 1. The smallest absolute Gasteiger partial charge is 0.337 e. The Morgan fingerprint density at radius 2 is 2.20 bits per heavy atom. The number of aliphatic hydroxyl groups excluding tert-OH is 1. The largest absolute Gasteiger partial charge is 0.508 e. The number of aliphatic hydroxyl groups is 1. The van der Waals surface area contributed by atoms with E-state index in [0.29, 0.717) is 5.56 Å². The average molecular weight is 212 g/mol. The molecule has 0 aliphatic heterocycles. The summed E-state index contributed by atoms with van der Waals surface area (Å²) in [5.41, 5.74) is 0.343. The van der Waals surface area contributed by atoms with Gasteiger partial charge in [-0.15, -0.1) is 0 Å². The summed E-state index contributed by atoms with van der Waals surface area (Å²) in [4.78, 5) is 10.8. The maximum Gasteiger partial charge on any atom is 0.337 e. The van der Waals surface area contributed by atoms with Gasteiger partial charge in [-0.05, 0) is 17.7 Å². The van der Waals surface area contributed by atoms with Crippen molar-refractivity contribution in [2.75, 3.05) is 13.2 Å². The van der Waals surface area contributed by atoms with E-state index in [1.54, 1.807) is 0 Å². The number of hydrogen-bond acceptors (Lipinski definition) is 4. The number of rotatable bonds is 5. The van der Waals surface area contributed by atoms with Crippen molar-refractivity contribution < 1.29 is 24.9 Å². The molecule has 15 heavy (non-hydrogen) atoms. The molecule has 82 valence electrons. The summed E-state index contributed by atoms with van der Waals surface area (Å²) in [5, 5.41) is 26.6. The highest BCUT2D eigenvalue weighted by atomic mass is 16.5. The Labute approximate surface area is 86.5 Å². The van der Waals surface area contributed by atoms with Crippen LogP contribution in [0.5, 0.6) is 5.75 Å². The van der Waals surface area contributed by atoms with Crippen LogP contribution >= 0.6 is 0 Å². The molecule has 1 aromatic rings. The van der Waals surface area contributed by atoms with Gasteiger partial charge in [0, 0.05) is 0 Å². The van der Waals surface area contributed by atoms with E-state index < -0.39 is 12.1 Å². The molecule has 3 N–H and O–H groups in total. The molecular formula is C10H12O5. The lowest BCUT2D eigenvalue weighted by Crippen LogP contribution is -2.17. The minimum atomic E-state index is -1.16. The summed E-state index contributed by atoms with van der Waals surface area (Å²) in [6, 6.07) is 5.82. The molecule has 1 aromatic carbocycles. The van der Waals surface area contributed by atoms with Gasteiger partial charge in [-0.3, -0.25) is 0 Å². The number of phenols is 1. The van der Waals surface area contributed by atoms with E-state index in [-0.39, 0.29) is 19.0 Å². The number of carbonyl (C=O) groups is 1. The van der Waals surface area contributed by atoms with Crippen molar-refractivity contribution in [3.8, 4) is 5.75 Å². The number of ether oxygens (including phenoxy) is 1. The summed E-state index contributed by atoms with van der Waals surface area (Å²) < 4.78 is 4.93. The zero-order valence-electron chi connectivity index (χ0n) is 7.96. The van der Waals surface area contributed by atoms with Crippen LogP contribution in [0.4, 0.5) is 0 Å². The van der Waals surface area contributed by atoms with Crippen molar-refractivity contribution in [2.24, 2.45) is 0 Å². The Bertz CT molecular complexity index is 336. The Balaban J connectivity index is 2.84. The molecule has 0 saturated heterocycles. The van der Waals surface area contributed by atoms with E-state index in [1.165, 1.54) is 24.3 Å². The number of benzene rings is 1. The normalized spacial score (nSPS) is 12.3. The first-order valence-electron chi connectivity index (χ1n) is 4.39. The molecule has 0 aromatic heterocycles. The van der Waals surface area contributed by atoms with E-state index >= 15 is 0 Å². The van der Waals surface area contributed by atoms with Crippen LogP contribution in [-0.4, -0.2) is 34.5 Å². The molecule has 0 fully saturated rings. The monoisotopic (exact) mass is 212 g/mol. The maximum atomic E-state index is 10.8. The van der Waals surface area contributed by atoms with Crippen LogP contribution in [0.15, 0.2) is 24.3 Å². The molecule has 5 nitrogen and oxygen atoms in total. The number of aliphatic carboxylic acids is 1. The molecule has 0 saturated carbocycles. The predicted molar refractivity (Wildman–Crippen MR) is 51.5 cm³/mol. The summed E-state index contributed by atoms with van der Waals surface area (Å²) in [6.07, 6.45) is -1.16. The predicted octanol–water partition coefficient (Wildman–Crippen LogP) is 0.527. The molecule has 1 atom stereocenters. The topological polar surface area (TPSA) is 87.0 Å². The van der Waals surface area contributed by atoms with Crippen molar-refractivity contribution in [3.63, 3.8) is 0 Å². The standard InChI is InChI=1S/C10H12O5/c11-4-5-15-9(10(13)14)7-2-1-3-8(12)6-7/h1-3,6,9,11-12H,4-5H2,(H,13,14). The minimum absolute atomic E-state index is 0.0219. The van der Waals surface area contributed by atoms with Gasteiger partial charge >= 0.3 is 5.97 Å². The second-order valence-electron chi connectivity index (χ2n) is 2.91. The van der Waals surface area contributed by atoms with Gasteiger partial charge in [-0.25, -0.2) is 4.79 Å². The molecular weight excluding hydrogens is 200 g/mol. The van der Waals surface area contributed by atoms with Gasteiger partial charge in [0.25, 0.3) is 0 Å². The number of phenolic OH excluding ortho intramolecular Hbond substituents is 1. The van der Waals surface area contributed by atoms with Gasteiger partial charge < -0.3 is 20.1 Å². The second kappa shape index (κ2) is 5.33. The number of aromatic hydroxyl groups is 1. The third-order valence-corrected chi connectivity index (χ3v) is 1.77. The van der Waals surface area contributed by atoms with Gasteiger partial charge in [0.2, 0.25) is 0 Å². The van der Waals surface area contributed by atoms with Gasteiger partial charge in [0.1, 0.15) is 5.75 Å². The average Bonchev–Trinajstić information content (AvgIpc) is 2.18. The van der Waals surface area contributed by atoms with Crippen LogP contribution < -0.4 is 0 Å². The maximum absolute atomic E-state index is 10.8.